The average Bonchev–Trinajstić information content (AvgIpc) is 2.07. The van der Waals surface area contributed by atoms with Gasteiger partial charge < -0.3 is 4.74 Å². The molecule has 70 valence electrons. The maximum Gasteiger partial charge on any atom is 0.333 e. The molecule has 4 heteroatoms. The summed E-state index contributed by atoms with van der Waals surface area (Å²) in [5.74, 6) is -0.650. The predicted octanol–water partition coefficient (Wildman–Crippen LogP) is 1.81. The van der Waals surface area contributed by atoms with Gasteiger partial charge in [0.25, 0.3) is 0 Å². The van der Waals surface area contributed by atoms with Gasteiger partial charge in [0.2, 0.25) is 0 Å². The van der Waals surface area contributed by atoms with Crippen molar-refractivity contribution in [2.75, 3.05) is 20.0 Å². The number of carbonyl (C=O) groups excluding carboxylic acids is 1. The Morgan fingerprint density at radius 2 is 1.83 bits per heavy atom. The van der Waals surface area contributed by atoms with Crippen LogP contribution in [0.15, 0.2) is 11.1 Å². The summed E-state index contributed by atoms with van der Waals surface area (Å²) in [6, 6.07) is 0. The first-order valence-corrected chi connectivity index (χ1v) is 3.65. The number of rotatable bonds is 4. The number of esters is 1. The second kappa shape index (κ2) is 5.69. The van der Waals surface area contributed by atoms with Gasteiger partial charge in [-0.15, -0.1) is 0 Å². The van der Waals surface area contributed by atoms with Crippen LogP contribution in [-0.4, -0.2) is 25.9 Å². The molecule has 0 radical (unpaired) electrons. The molecule has 0 amide bonds. The Balaban J connectivity index is 4.39. The number of hydrogen-bond donors (Lipinski definition) is 0. The first-order chi connectivity index (χ1) is 5.67. The van der Waals surface area contributed by atoms with Gasteiger partial charge in [0.05, 0.1) is 6.61 Å². The van der Waals surface area contributed by atoms with Crippen LogP contribution in [0.4, 0.5) is 8.78 Å². The third kappa shape index (κ3) is 2.98. The van der Waals surface area contributed by atoms with Gasteiger partial charge in [0.15, 0.2) is 0 Å². The average molecular weight is 178 g/mol. The number of halogens is 2. The lowest BCUT2D eigenvalue weighted by Crippen LogP contribution is -2.09. The third-order valence-electron chi connectivity index (χ3n) is 1.43. The number of carbonyl (C=O) groups is 1. The van der Waals surface area contributed by atoms with Crippen LogP contribution in [0.2, 0.25) is 0 Å². The summed E-state index contributed by atoms with van der Waals surface area (Å²) in [6.45, 7) is 1.31. The molecule has 0 aliphatic carbocycles. The third-order valence-corrected chi connectivity index (χ3v) is 1.43. The van der Waals surface area contributed by atoms with E-state index in [2.05, 4.69) is 4.74 Å². The molecular formula is C8H12F2O2. The van der Waals surface area contributed by atoms with Gasteiger partial charge in [-0.1, -0.05) is 0 Å². The van der Waals surface area contributed by atoms with Crippen LogP contribution in [0.1, 0.15) is 13.8 Å². The zero-order valence-electron chi connectivity index (χ0n) is 7.19. The minimum Gasteiger partial charge on any atom is -0.463 e. The van der Waals surface area contributed by atoms with Crippen molar-refractivity contribution in [3.63, 3.8) is 0 Å². The van der Waals surface area contributed by atoms with E-state index in [1.165, 1.54) is 6.92 Å². The summed E-state index contributed by atoms with van der Waals surface area (Å²) in [6.07, 6.45) is 0. The van der Waals surface area contributed by atoms with Gasteiger partial charge in [-0.2, -0.15) is 0 Å². The molecule has 0 aromatic rings. The van der Waals surface area contributed by atoms with Gasteiger partial charge >= 0.3 is 5.97 Å². The minimum atomic E-state index is -0.943. The van der Waals surface area contributed by atoms with Crippen molar-refractivity contribution >= 4 is 5.97 Å². The maximum absolute atomic E-state index is 12.0. The fourth-order valence-electron chi connectivity index (χ4n) is 0.620. The summed E-state index contributed by atoms with van der Waals surface area (Å²) < 4.78 is 28.6. The molecule has 0 unspecified atom stereocenters. The normalized spacial score (nSPS) is 9.33. The fourth-order valence-corrected chi connectivity index (χ4v) is 0.620. The van der Waals surface area contributed by atoms with Crippen LogP contribution in [0, 0.1) is 0 Å². The molecule has 0 heterocycles. The summed E-state index contributed by atoms with van der Waals surface area (Å²) in [7, 11) is 0. The van der Waals surface area contributed by atoms with E-state index in [0.717, 1.165) is 0 Å². The fraction of sp³-hybridized carbons (Fsp3) is 0.625. The van der Waals surface area contributed by atoms with Crippen LogP contribution < -0.4 is 0 Å². The number of alkyl halides is 2. The van der Waals surface area contributed by atoms with Crippen LogP contribution in [-0.2, 0) is 9.53 Å². The summed E-state index contributed by atoms with van der Waals surface area (Å²) >= 11 is 0. The molecule has 0 aliphatic rings. The summed E-state index contributed by atoms with van der Waals surface area (Å²) in [4.78, 5) is 10.9. The van der Waals surface area contributed by atoms with Gasteiger partial charge in [0, 0.05) is 11.1 Å². The zero-order valence-corrected chi connectivity index (χ0v) is 7.19. The van der Waals surface area contributed by atoms with E-state index in [9.17, 15) is 13.6 Å². The van der Waals surface area contributed by atoms with Crippen molar-refractivity contribution in [2.45, 2.75) is 13.8 Å². The monoisotopic (exact) mass is 178 g/mol. The Bertz CT molecular complexity index is 181. The summed E-state index contributed by atoms with van der Waals surface area (Å²) in [5.41, 5.74) is -0.115. The lowest BCUT2D eigenvalue weighted by molar-refractivity contribution is -0.138. The van der Waals surface area contributed by atoms with E-state index in [-0.39, 0.29) is 17.8 Å². The molecule has 0 saturated carbocycles. The molecule has 0 bridgehead atoms. The molecular weight excluding hydrogens is 166 g/mol. The lowest BCUT2D eigenvalue weighted by atomic mass is 10.1. The molecule has 0 atom stereocenters. The van der Waals surface area contributed by atoms with E-state index in [4.69, 9.17) is 0 Å². The minimum absolute atomic E-state index is 0.0295. The van der Waals surface area contributed by atoms with Gasteiger partial charge in [-0.3, -0.25) is 0 Å². The SMILES string of the molecule is CCOC(=O)C(C)=C(CF)CF. The van der Waals surface area contributed by atoms with Crippen LogP contribution in [0.3, 0.4) is 0 Å². The Labute approximate surface area is 70.2 Å². The van der Waals surface area contributed by atoms with E-state index < -0.39 is 19.3 Å². The Hall–Kier alpha value is -0.930. The highest BCUT2D eigenvalue weighted by Crippen LogP contribution is 2.07. The topological polar surface area (TPSA) is 26.3 Å². The quantitative estimate of drug-likeness (QED) is 0.484. The molecule has 12 heavy (non-hydrogen) atoms. The van der Waals surface area contributed by atoms with Crippen LogP contribution in [0.5, 0.6) is 0 Å². The molecule has 0 aromatic carbocycles. The second-order valence-corrected chi connectivity index (χ2v) is 2.22. The van der Waals surface area contributed by atoms with Gasteiger partial charge in [-0.25, -0.2) is 13.6 Å². The van der Waals surface area contributed by atoms with E-state index >= 15 is 0 Å². The van der Waals surface area contributed by atoms with E-state index in [1.807, 2.05) is 0 Å². The molecule has 0 aromatic heterocycles. The standard InChI is InChI=1S/C8H12F2O2/c1-3-12-8(11)6(2)7(4-9)5-10/h3-5H2,1-2H3. The van der Waals surface area contributed by atoms with Gasteiger partial charge in [-0.05, 0) is 13.8 Å². The molecule has 2 nitrogen and oxygen atoms in total. The van der Waals surface area contributed by atoms with Gasteiger partial charge in [0.1, 0.15) is 13.3 Å². The highest BCUT2D eigenvalue weighted by atomic mass is 19.1. The van der Waals surface area contributed by atoms with Crippen molar-refractivity contribution in [3.05, 3.63) is 11.1 Å². The number of ether oxygens (including phenoxy) is 1. The van der Waals surface area contributed by atoms with Crippen molar-refractivity contribution in [1.82, 2.24) is 0 Å². The van der Waals surface area contributed by atoms with Crippen molar-refractivity contribution in [3.8, 4) is 0 Å². The highest BCUT2D eigenvalue weighted by molar-refractivity contribution is 5.88. The molecule has 0 fully saturated rings. The van der Waals surface area contributed by atoms with Crippen LogP contribution in [0.25, 0.3) is 0 Å². The van der Waals surface area contributed by atoms with Crippen molar-refractivity contribution in [1.29, 1.82) is 0 Å². The molecule has 0 rings (SSSR count). The summed E-state index contributed by atoms with van der Waals surface area (Å²) in [5, 5.41) is 0. The predicted molar refractivity (Wildman–Crippen MR) is 41.3 cm³/mol. The van der Waals surface area contributed by atoms with Crippen molar-refractivity contribution < 1.29 is 18.3 Å². The van der Waals surface area contributed by atoms with Crippen LogP contribution >= 0.6 is 0 Å². The Morgan fingerprint density at radius 3 is 2.17 bits per heavy atom. The Morgan fingerprint density at radius 1 is 1.33 bits per heavy atom. The van der Waals surface area contributed by atoms with Crippen molar-refractivity contribution in [2.24, 2.45) is 0 Å². The molecule has 0 spiro atoms. The molecule has 0 aliphatic heterocycles. The lowest BCUT2D eigenvalue weighted by Gasteiger charge is -2.04. The van der Waals surface area contributed by atoms with E-state index in [0.29, 0.717) is 0 Å². The largest absolute Gasteiger partial charge is 0.463 e. The van der Waals surface area contributed by atoms with E-state index in [1.54, 1.807) is 6.92 Å². The molecule has 0 N–H and O–H groups in total. The smallest absolute Gasteiger partial charge is 0.333 e. The second-order valence-electron chi connectivity index (χ2n) is 2.22. The number of allylic oxidation sites excluding steroid dienone is 1. The first-order valence-electron chi connectivity index (χ1n) is 3.65. The first kappa shape index (κ1) is 11.1. The highest BCUT2D eigenvalue weighted by Gasteiger charge is 2.10. The Kier molecular flexibility index (Phi) is 5.25. The molecule has 0 saturated heterocycles. The number of hydrogen-bond acceptors (Lipinski definition) is 2. The zero-order chi connectivity index (χ0) is 9.56. The maximum atomic E-state index is 12.0.